The number of aromatic amines is 1. The lowest BCUT2D eigenvalue weighted by Crippen LogP contribution is -2.48. The predicted octanol–water partition coefficient (Wildman–Crippen LogP) is 3.12. The third-order valence-corrected chi connectivity index (χ3v) is 5.69. The topological polar surface area (TPSA) is 108 Å². The van der Waals surface area contributed by atoms with Gasteiger partial charge in [-0.05, 0) is 45.2 Å². The fraction of sp³-hybridized carbons (Fsp3) is 0.545. The number of aromatic nitrogens is 2. The lowest BCUT2D eigenvalue weighted by atomic mass is 9.90. The van der Waals surface area contributed by atoms with Crippen LogP contribution in [0, 0.1) is 0 Å². The van der Waals surface area contributed by atoms with Gasteiger partial charge in [0, 0.05) is 37.4 Å². The van der Waals surface area contributed by atoms with E-state index in [1.54, 1.807) is 9.80 Å². The van der Waals surface area contributed by atoms with Gasteiger partial charge in [0.1, 0.15) is 5.60 Å². The first-order valence-corrected chi connectivity index (χ1v) is 10.7. The van der Waals surface area contributed by atoms with Gasteiger partial charge in [0.15, 0.2) is 0 Å². The molecule has 1 atom stereocenters. The highest BCUT2D eigenvalue weighted by molar-refractivity contribution is 5.96. The van der Waals surface area contributed by atoms with Crippen molar-refractivity contribution < 1.29 is 19.1 Å². The van der Waals surface area contributed by atoms with Crippen LogP contribution in [0.2, 0.25) is 0 Å². The molecule has 0 radical (unpaired) electrons. The second-order valence-corrected chi connectivity index (χ2v) is 9.27. The van der Waals surface area contributed by atoms with Gasteiger partial charge in [-0.3, -0.25) is 15.2 Å². The minimum atomic E-state index is -0.507. The number of ether oxygens (including phenoxy) is 1. The number of imide groups is 1. The third kappa shape index (κ3) is 4.81. The lowest BCUT2D eigenvalue weighted by molar-refractivity contribution is -0.121. The summed E-state index contributed by atoms with van der Waals surface area (Å²) in [6.07, 6.45) is 1.97. The van der Waals surface area contributed by atoms with E-state index in [4.69, 9.17) is 4.74 Å². The van der Waals surface area contributed by atoms with Crippen molar-refractivity contribution in [1.29, 1.82) is 0 Å². The number of rotatable bonds is 3. The molecule has 2 aliphatic heterocycles. The molecule has 4 amide bonds. The Hall–Kier alpha value is -3.10. The lowest BCUT2D eigenvalue weighted by Gasteiger charge is -2.34. The van der Waals surface area contributed by atoms with Gasteiger partial charge in [0.2, 0.25) is 5.91 Å². The van der Waals surface area contributed by atoms with Crippen LogP contribution in [0.4, 0.5) is 9.59 Å². The smallest absolute Gasteiger partial charge is 0.410 e. The van der Waals surface area contributed by atoms with Gasteiger partial charge >= 0.3 is 12.1 Å². The third-order valence-electron chi connectivity index (χ3n) is 5.69. The van der Waals surface area contributed by atoms with Crippen LogP contribution in [0.3, 0.4) is 0 Å². The first kappa shape index (κ1) is 21.1. The van der Waals surface area contributed by atoms with Crippen molar-refractivity contribution in [2.45, 2.75) is 58.1 Å². The van der Waals surface area contributed by atoms with Gasteiger partial charge in [-0.2, -0.15) is 5.10 Å². The van der Waals surface area contributed by atoms with Crippen LogP contribution in [-0.4, -0.2) is 63.3 Å². The molecule has 166 valence electrons. The van der Waals surface area contributed by atoms with Crippen LogP contribution in [0.1, 0.15) is 57.2 Å². The Balaban J connectivity index is 1.47. The van der Waals surface area contributed by atoms with Crippen molar-refractivity contribution in [3.05, 3.63) is 29.5 Å². The van der Waals surface area contributed by atoms with E-state index in [1.807, 2.05) is 26.8 Å². The molecule has 31 heavy (non-hydrogen) atoms. The van der Waals surface area contributed by atoms with E-state index in [2.05, 4.69) is 27.6 Å². The Labute approximate surface area is 181 Å². The Morgan fingerprint density at radius 3 is 2.81 bits per heavy atom. The maximum absolute atomic E-state index is 12.5. The Kier molecular flexibility index (Phi) is 5.60. The van der Waals surface area contributed by atoms with E-state index in [1.165, 1.54) is 0 Å². The van der Waals surface area contributed by atoms with Crippen LogP contribution >= 0.6 is 0 Å². The number of carbonyl (C=O) groups is 3. The molecule has 0 spiro atoms. The maximum atomic E-state index is 12.5. The molecular weight excluding hydrogens is 398 g/mol. The molecule has 1 aromatic carbocycles. The van der Waals surface area contributed by atoms with Crippen LogP contribution in [0.15, 0.2) is 18.2 Å². The van der Waals surface area contributed by atoms with Gasteiger partial charge < -0.3 is 14.5 Å². The average Bonchev–Trinajstić information content (AvgIpc) is 3.11. The van der Waals surface area contributed by atoms with Crippen molar-refractivity contribution in [2.24, 2.45) is 0 Å². The second-order valence-electron chi connectivity index (χ2n) is 9.27. The van der Waals surface area contributed by atoms with E-state index in [9.17, 15) is 14.4 Å². The van der Waals surface area contributed by atoms with Crippen molar-refractivity contribution >= 4 is 28.9 Å². The summed E-state index contributed by atoms with van der Waals surface area (Å²) in [6.45, 7) is 7.72. The molecular formula is C22H29N5O4. The standard InChI is InChI=1S/C22H29N5O4/c1-22(2,3)31-21(30)27-9-4-5-15(12-27)14-6-7-16-17(11-14)24-25-18(16)13-26-10-8-19(28)23-20(26)29/h6-7,11,15H,4-5,8-10,12-13H2,1-3H3,(H,24,25)(H,23,28,29)/t15-/m1/s1. The molecule has 3 heterocycles. The summed E-state index contributed by atoms with van der Waals surface area (Å²) in [7, 11) is 0. The van der Waals surface area contributed by atoms with Crippen LogP contribution in [0.25, 0.3) is 10.9 Å². The second kappa shape index (κ2) is 8.20. The van der Waals surface area contributed by atoms with Gasteiger partial charge in [-0.15, -0.1) is 0 Å². The van der Waals surface area contributed by atoms with E-state index >= 15 is 0 Å². The first-order chi connectivity index (χ1) is 14.7. The quantitative estimate of drug-likeness (QED) is 0.783. The number of amides is 4. The molecule has 4 rings (SSSR count). The summed E-state index contributed by atoms with van der Waals surface area (Å²) in [6, 6.07) is 5.77. The highest BCUT2D eigenvalue weighted by Crippen LogP contribution is 2.30. The number of hydrogen-bond acceptors (Lipinski definition) is 5. The van der Waals surface area contributed by atoms with Crippen molar-refractivity contribution in [3.63, 3.8) is 0 Å². The normalized spacial score (nSPS) is 20.2. The minimum absolute atomic E-state index is 0.227. The Bertz CT molecular complexity index is 1010. The van der Waals surface area contributed by atoms with E-state index in [0.29, 0.717) is 32.6 Å². The molecule has 0 aliphatic carbocycles. The molecule has 9 heteroatoms. The van der Waals surface area contributed by atoms with E-state index in [0.717, 1.165) is 35.0 Å². The number of piperidine rings is 1. The van der Waals surface area contributed by atoms with Crippen LogP contribution in [0.5, 0.6) is 0 Å². The number of carbonyl (C=O) groups excluding carboxylic acids is 3. The predicted molar refractivity (Wildman–Crippen MR) is 114 cm³/mol. The number of urea groups is 1. The fourth-order valence-corrected chi connectivity index (χ4v) is 4.14. The minimum Gasteiger partial charge on any atom is -0.444 e. The summed E-state index contributed by atoms with van der Waals surface area (Å²) in [5.74, 6) is -0.0158. The monoisotopic (exact) mass is 427 g/mol. The molecule has 0 saturated carbocycles. The molecule has 2 aromatic rings. The Morgan fingerprint density at radius 1 is 1.26 bits per heavy atom. The van der Waals surface area contributed by atoms with Crippen molar-refractivity contribution in [3.8, 4) is 0 Å². The molecule has 2 saturated heterocycles. The van der Waals surface area contributed by atoms with Crippen molar-refractivity contribution in [2.75, 3.05) is 19.6 Å². The van der Waals surface area contributed by atoms with Crippen molar-refractivity contribution in [1.82, 2.24) is 25.3 Å². The van der Waals surface area contributed by atoms with E-state index in [-0.39, 0.29) is 23.9 Å². The number of hydrogen-bond donors (Lipinski definition) is 2. The van der Waals surface area contributed by atoms with Crippen LogP contribution in [-0.2, 0) is 16.1 Å². The number of H-pyrrole nitrogens is 1. The summed E-state index contributed by atoms with van der Waals surface area (Å²) in [5.41, 5.74) is 2.30. The molecule has 1 aromatic heterocycles. The molecule has 0 bridgehead atoms. The molecule has 2 fully saturated rings. The molecule has 2 N–H and O–H groups in total. The Morgan fingerprint density at radius 2 is 2.06 bits per heavy atom. The van der Waals surface area contributed by atoms with Crippen LogP contribution < -0.4 is 5.32 Å². The van der Waals surface area contributed by atoms with Gasteiger partial charge in [-0.25, -0.2) is 9.59 Å². The summed E-state index contributed by atoms with van der Waals surface area (Å²) in [4.78, 5) is 39.2. The number of fused-ring (bicyclic) bond motifs is 1. The maximum Gasteiger partial charge on any atom is 0.410 e. The SMILES string of the molecule is CC(C)(C)OC(=O)N1CCC[C@@H](c2ccc3c(CN4CCC(=O)NC4=O)[nH]nc3c2)C1. The highest BCUT2D eigenvalue weighted by atomic mass is 16.6. The zero-order valence-electron chi connectivity index (χ0n) is 18.2. The zero-order chi connectivity index (χ0) is 22.2. The highest BCUT2D eigenvalue weighted by Gasteiger charge is 2.29. The summed E-state index contributed by atoms with van der Waals surface area (Å²) in [5, 5.41) is 10.8. The fourth-order valence-electron chi connectivity index (χ4n) is 4.14. The number of likely N-dealkylation sites (tertiary alicyclic amines) is 1. The molecule has 2 aliphatic rings. The van der Waals surface area contributed by atoms with Gasteiger partial charge in [0.25, 0.3) is 0 Å². The molecule has 0 unspecified atom stereocenters. The number of nitrogens with one attached hydrogen (secondary N) is 2. The van der Waals surface area contributed by atoms with E-state index < -0.39 is 5.60 Å². The molecule has 9 nitrogen and oxygen atoms in total. The van der Waals surface area contributed by atoms with Gasteiger partial charge in [0.05, 0.1) is 17.8 Å². The largest absolute Gasteiger partial charge is 0.444 e. The average molecular weight is 428 g/mol. The zero-order valence-corrected chi connectivity index (χ0v) is 18.2. The summed E-state index contributed by atoms with van der Waals surface area (Å²) < 4.78 is 5.53. The number of nitrogens with zero attached hydrogens (tertiary/aromatic N) is 3. The summed E-state index contributed by atoms with van der Waals surface area (Å²) >= 11 is 0. The van der Waals surface area contributed by atoms with Gasteiger partial charge in [-0.1, -0.05) is 12.1 Å². The first-order valence-electron chi connectivity index (χ1n) is 10.7. The number of benzene rings is 1.